The lowest BCUT2D eigenvalue weighted by atomic mass is 10.1. The number of carbonyl (C=O) groups excluding carboxylic acids is 2. The first-order chi connectivity index (χ1) is 10.1. The molecule has 1 aliphatic rings. The predicted molar refractivity (Wildman–Crippen MR) is 79.8 cm³/mol. The van der Waals surface area contributed by atoms with Crippen molar-refractivity contribution in [3.8, 4) is 11.8 Å². The van der Waals surface area contributed by atoms with Crippen LogP contribution in [0.15, 0.2) is 18.2 Å². The summed E-state index contributed by atoms with van der Waals surface area (Å²) in [7, 11) is 0. The Balaban J connectivity index is 2.08. The molecule has 1 heterocycles. The number of hydrogen-bond donors (Lipinski definition) is 3. The van der Waals surface area contributed by atoms with E-state index in [1.807, 2.05) is 0 Å². The van der Waals surface area contributed by atoms with Crippen LogP contribution in [0.4, 0.5) is 5.69 Å². The van der Waals surface area contributed by atoms with Crippen molar-refractivity contribution in [1.29, 1.82) is 0 Å². The molecule has 110 valence electrons. The highest BCUT2D eigenvalue weighted by Crippen LogP contribution is 2.23. The van der Waals surface area contributed by atoms with Gasteiger partial charge in [-0.2, -0.15) is 0 Å². The van der Waals surface area contributed by atoms with E-state index >= 15 is 0 Å². The van der Waals surface area contributed by atoms with Gasteiger partial charge in [-0.05, 0) is 24.6 Å². The average Bonchev–Trinajstić information content (AvgIpc) is 2.89. The van der Waals surface area contributed by atoms with Gasteiger partial charge < -0.3 is 15.7 Å². The number of hydrogen-bond acceptors (Lipinski definition) is 3. The summed E-state index contributed by atoms with van der Waals surface area (Å²) in [6.07, 6.45) is 1.23. The maximum absolute atomic E-state index is 12.0. The monoisotopic (exact) mass is 306 g/mol. The molecule has 0 aliphatic carbocycles. The average molecular weight is 307 g/mol. The van der Waals surface area contributed by atoms with Gasteiger partial charge in [0.1, 0.15) is 6.04 Å². The Morgan fingerprint density at radius 3 is 3.00 bits per heavy atom. The number of halogens is 1. The molecule has 21 heavy (non-hydrogen) atoms. The molecule has 0 aromatic heterocycles. The number of aliphatic hydroxyl groups excluding tert-OH is 1. The van der Waals surface area contributed by atoms with E-state index in [4.69, 9.17) is 16.7 Å². The van der Waals surface area contributed by atoms with Crippen LogP contribution in [0.1, 0.15) is 24.8 Å². The van der Waals surface area contributed by atoms with E-state index in [0.29, 0.717) is 35.5 Å². The summed E-state index contributed by atoms with van der Waals surface area (Å²) in [4.78, 5) is 23.2. The van der Waals surface area contributed by atoms with Crippen molar-refractivity contribution in [3.05, 3.63) is 28.8 Å². The second-order valence-electron chi connectivity index (χ2n) is 4.62. The highest BCUT2D eigenvalue weighted by molar-refractivity contribution is 6.33. The van der Waals surface area contributed by atoms with Crippen LogP contribution >= 0.6 is 11.6 Å². The second-order valence-corrected chi connectivity index (χ2v) is 5.03. The van der Waals surface area contributed by atoms with Gasteiger partial charge in [-0.1, -0.05) is 23.4 Å². The summed E-state index contributed by atoms with van der Waals surface area (Å²) in [6, 6.07) is 4.53. The zero-order valence-corrected chi connectivity index (χ0v) is 12.0. The van der Waals surface area contributed by atoms with Gasteiger partial charge >= 0.3 is 0 Å². The number of rotatable bonds is 3. The van der Waals surface area contributed by atoms with Crippen LogP contribution in [0.3, 0.4) is 0 Å². The predicted octanol–water partition coefficient (Wildman–Crippen LogP) is 1.29. The molecular formula is C15H15ClN2O3. The molecule has 1 aromatic rings. The summed E-state index contributed by atoms with van der Waals surface area (Å²) in [5.74, 6) is 5.26. The molecule has 1 aliphatic heterocycles. The van der Waals surface area contributed by atoms with E-state index in [0.717, 1.165) is 0 Å². The molecule has 2 amide bonds. The zero-order chi connectivity index (χ0) is 15.2. The van der Waals surface area contributed by atoms with E-state index < -0.39 is 6.04 Å². The molecule has 1 atom stereocenters. The van der Waals surface area contributed by atoms with Crippen molar-refractivity contribution in [2.24, 2.45) is 0 Å². The van der Waals surface area contributed by atoms with E-state index in [9.17, 15) is 9.59 Å². The Kier molecular flexibility index (Phi) is 5.20. The van der Waals surface area contributed by atoms with Crippen molar-refractivity contribution in [3.63, 3.8) is 0 Å². The minimum Gasteiger partial charge on any atom is -0.395 e. The number of benzene rings is 1. The summed E-state index contributed by atoms with van der Waals surface area (Å²) in [6.45, 7) is 0.00552. The van der Waals surface area contributed by atoms with E-state index in [2.05, 4.69) is 22.5 Å². The van der Waals surface area contributed by atoms with Gasteiger partial charge in [0.15, 0.2) is 0 Å². The quantitative estimate of drug-likeness (QED) is 0.736. The molecule has 1 unspecified atom stereocenters. The van der Waals surface area contributed by atoms with Gasteiger partial charge in [-0.15, -0.1) is 0 Å². The third kappa shape index (κ3) is 4.22. The molecule has 0 spiro atoms. The highest BCUT2D eigenvalue weighted by Gasteiger charge is 2.27. The van der Waals surface area contributed by atoms with Crippen LogP contribution < -0.4 is 10.6 Å². The number of anilines is 1. The molecule has 1 saturated heterocycles. The first-order valence-corrected chi connectivity index (χ1v) is 6.97. The van der Waals surface area contributed by atoms with Gasteiger partial charge in [0, 0.05) is 18.4 Å². The van der Waals surface area contributed by atoms with Gasteiger partial charge in [0.25, 0.3) is 0 Å². The SMILES string of the molecule is O=C1CCC(C(=O)Nc2cc(C#CCCO)ccc2Cl)N1. The largest absolute Gasteiger partial charge is 0.395 e. The molecule has 0 saturated carbocycles. The smallest absolute Gasteiger partial charge is 0.247 e. The van der Waals surface area contributed by atoms with E-state index in [1.54, 1.807) is 18.2 Å². The van der Waals surface area contributed by atoms with Gasteiger partial charge in [0.05, 0.1) is 17.3 Å². The minimum atomic E-state index is -0.516. The van der Waals surface area contributed by atoms with Crippen LogP contribution in [-0.2, 0) is 9.59 Å². The third-order valence-corrected chi connectivity index (χ3v) is 3.34. The fourth-order valence-electron chi connectivity index (χ4n) is 1.95. The second kappa shape index (κ2) is 7.11. The Morgan fingerprint density at radius 2 is 2.33 bits per heavy atom. The zero-order valence-electron chi connectivity index (χ0n) is 11.3. The lowest BCUT2D eigenvalue weighted by Gasteiger charge is -2.12. The van der Waals surface area contributed by atoms with Gasteiger partial charge in [0.2, 0.25) is 11.8 Å². The maximum atomic E-state index is 12.0. The molecule has 5 nitrogen and oxygen atoms in total. The lowest BCUT2D eigenvalue weighted by Crippen LogP contribution is -2.37. The molecular weight excluding hydrogens is 292 g/mol. The Bertz CT molecular complexity index is 619. The Labute approximate surface area is 127 Å². The van der Waals surface area contributed by atoms with Crippen molar-refractivity contribution >= 4 is 29.1 Å². The van der Waals surface area contributed by atoms with Crippen molar-refractivity contribution < 1.29 is 14.7 Å². The summed E-state index contributed by atoms with van der Waals surface area (Å²) < 4.78 is 0. The van der Waals surface area contributed by atoms with E-state index in [-0.39, 0.29) is 18.4 Å². The Hall–Kier alpha value is -2.03. The highest BCUT2D eigenvalue weighted by atomic mass is 35.5. The molecule has 6 heteroatoms. The van der Waals surface area contributed by atoms with Crippen molar-refractivity contribution in [2.75, 3.05) is 11.9 Å². The van der Waals surface area contributed by atoms with Crippen LogP contribution in [0.25, 0.3) is 0 Å². The van der Waals surface area contributed by atoms with Gasteiger partial charge in [-0.25, -0.2) is 0 Å². The van der Waals surface area contributed by atoms with Crippen LogP contribution in [0.2, 0.25) is 5.02 Å². The third-order valence-electron chi connectivity index (χ3n) is 3.01. The number of nitrogens with one attached hydrogen (secondary N) is 2. The number of amides is 2. The molecule has 1 aromatic carbocycles. The fraction of sp³-hybridized carbons (Fsp3) is 0.333. The van der Waals surface area contributed by atoms with Crippen molar-refractivity contribution in [2.45, 2.75) is 25.3 Å². The summed E-state index contributed by atoms with van der Waals surface area (Å²) in [5.41, 5.74) is 1.15. The van der Waals surface area contributed by atoms with Crippen molar-refractivity contribution in [1.82, 2.24) is 5.32 Å². The number of aliphatic hydroxyl groups is 1. The molecule has 0 bridgehead atoms. The normalized spacial score (nSPS) is 16.9. The molecule has 0 radical (unpaired) electrons. The standard InChI is InChI=1S/C15H15ClN2O3/c16-11-5-4-10(3-1-2-8-19)9-13(11)18-15(21)12-6-7-14(20)17-12/h4-5,9,12,19H,2,6-8H2,(H,17,20)(H,18,21). The number of carbonyl (C=O) groups is 2. The first kappa shape index (κ1) is 15.4. The lowest BCUT2D eigenvalue weighted by molar-refractivity contribution is -0.122. The topological polar surface area (TPSA) is 78.4 Å². The molecule has 1 fully saturated rings. The van der Waals surface area contributed by atoms with Gasteiger partial charge in [-0.3, -0.25) is 9.59 Å². The molecule has 2 rings (SSSR count). The minimum absolute atomic E-state index is 0.00552. The fourth-order valence-corrected chi connectivity index (χ4v) is 2.11. The van der Waals surface area contributed by atoms with Crippen LogP contribution in [0, 0.1) is 11.8 Å². The molecule has 3 N–H and O–H groups in total. The van der Waals surface area contributed by atoms with Crippen LogP contribution in [-0.4, -0.2) is 29.6 Å². The van der Waals surface area contributed by atoms with E-state index in [1.165, 1.54) is 0 Å². The van der Waals surface area contributed by atoms with Crippen LogP contribution in [0.5, 0.6) is 0 Å². The first-order valence-electron chi connectivity index (χ1n) is 6.59. The summed E-state index contributed by atoms with van der Waals surface area (Å²) in [5, 5.41) is 14.4. The summed E-state index contributed by atoms with van der Waals surface area (Å²) >= 11 is 6.05. The Morgan fingerprint density at radius 1 is 1.52 bits per heavy atom. The maximum Gasteiger partial charge on any atom is 0.247 e.